The monoisotopic (exact) mass is 325 g/mol. The van der Waals surface area contributed by atoms with Crippen LogP contribution in [0.2, 0.25) is 5.02 Å². The van der Waals surface area contributed by atoms with Gasteiger partial charge in [0.15, 0.2) is 0 Å². The van der Waals surface area contributed by atoms with E-state index in [1.807, 2.05) is 19.1 Å². The zero-order valence-corrected chi connectivity index (χ0v) is 12.8. The number of anilines is 1. The van der Waals surface area contributed by atoms with E-state index in [0.717, 1.165) is 11.6 Å². The number of hydrogen-bond donors (Lipinski definition) is 0. The number of halogens is 2. The summed E-state index contributed by atoms with van der Waals surface area (Å²) in [6, 6.07) is 10.6. The fraction of sp³-hybridized carbons (Fsp3) is 0.200. The van der Waals surface area contributed by atoms with E-state index in [0.29, 0.717) is 12.1 Å². The maximum Gasteiger partial charge on any atom is 0.267 e. The Morgan fingerprint density at radius 2 is 1.95 bits per heavy atom. The summed E-state index contributed by atoms with van der Waals surface area (Å²) in [5, 5.41) is 0.168. The van der Waals surface area contributed by atoms with Crippen LogP contribution in [0.25, 0.3) is 0 Å². The molecule has 1 heterocycles. The van der Waals surface area contributed by atoms with Crippen LogP contribution < -0.4 is 4.31 Å². The van der Waals surface area contributed by atoms with Crippen LogP contribution in [0.15, 0.2) is 47.4 Å². The van der Waals surface area contributed by atoms with Crippen molar-refractivity contribution < 1.29 is 12.8 Å². The number of hydrogen-bond acceptors (Lipinski definition) is 2. The Morgan fingerprint density at radius 1 is 1.24 bits per heavy atom. The van der Waals surface area contributed by atoms with Crippen LogP contribution in [-0.2, 0) is 16.4 Å². The first kappa shape index (κ1) is 14.4. The van der Waals surface area contributed by atoms with Crippen LogP contribution in [0.3, 0.4) is 0 Å². The van der Waals surface area contributed by atoms with Gasteiger partial charge in [-0.05, 0) is 43.2 Å². The summed E-state index contributed by atoms with van der Waals surface area (Å²) in [5.74, 6) is -0.834. The van der Waals surface area contributed by atoms with Gasteiger partial charge in [-0.1, -0.05) is 29.8 Å². The van der Waals surface area contributed by atoms with E-state index < -0.39 is 15.8 Å². The van der Waals surface area contributed by atoms with Crippen molar-refractivity contribution in [2.24, 2.45) is 0 Å². The molecule has 1 aliphatic heterocycles. The fourth-order valence-electron chi connectivity index (χ4n) is 2.69. The molecule has 0 amide bonds. The normalized spacial score (nSPS) is 17.9. The highest BCUT2D eigenvalue weighted by atomic mass is 35.5. The molecule has 0 fully saturated rings. The van der Waals surface area contributed by atoms with Crippen molar-refractivity contribution in [1.29, 1.82) is 0 Å². The van der Waals surface area contributed by atoms with Gasteiger partial charge in [0.1, 0.15) is 10.7 Å². The molecule has 110 valence electrons. The number of benzene rings is 2. The van der Waals surface area contributed by atoms with Gasteiger partial charge < -0.3 is 0 Å². The second-order valence-electron chi connectivity index (χ2n) is 5.06. The molecule has 0 saturated heterocycles. The van der Waals surface area contributed by atoms with E-state index in [-0.39, 0.29) is 16.0 Å². The van der Waals surface area contributed by atoms with E-state index in [2.05, 4.69) is 0 Å². The summed E-state index contributed by atoms with van der Waals surface area (Å²) in [6.45, 7) is 1.81. The van der Waals surface area contributed by atoms with Gasteiger partial charge >= 0.3 is 0 Å². The summed E-state index contributed by atoms with van der Waals surface area (Å²) in [5.41, 5.74) is 1.56. The SMILES string of the molecule is C[C@@H]1Cc2ccccc2N1S(=O)(=O)c1ccc(Cl)cc1F. The van der Waals surface area contributed by atoms with Gasteiger partial charge in [-0.3, -0.25) is 4.31 Å². The summed E-state index contributed by atoms with van der Waals surface area (Å²) >= 11 is 5.69. The van der Waals surface area contributed by atoms with Crippen LogP contribution in [0.5, 0.6) is 0 Å². The third-order valence-electron chi connectivity index (χ3n) is 3.58. The van der Waals surface area contributed by atoms with Crippen LogP contribution >= 0.6 is 11.6 Å². The van der Waals surface area contributed by atoms with Crippen molar-refractivity contribution in [3.05, 3.63) is 58.9 Å². The standard InChI is InChI=1S/C15H13ClFNO2S/c1-10-8-11-4-2-3-5-14(11)18(10)21(19,20)15-7-6-12(16)9-13(15)17/h2-7,9-10H,8H2,1H3/t10-/m1/s1. The molecule has 0 bridgehead atoms. The van der Waals surface area contributed by atoms with E-state index in [4.69, 9.17) is 11.6 Å². The second kappa shape index (κ2) is 5.00. The van der Waals surface area contributed by atoms with Crippen molar-refractivity contribution in [1.82, 2.24) is 0 Å². The van der Waals surface area contributed by atoms with Gasteiger partial charge in [0.2, 0.25) is 0 Å². The molecule has 2 aromatic rings. The molecular formula is C15H13ClFNO2S. The Labute approximate surface area is 128 Å². The third-order valence-corrected chi connectivity index (χ3v) is 5.77. The molecule has 1 atom stereocenters. The first-order valence-corrected chi connectivity index (χ1v) is 8.30. The molecule has 0 saturated carbocycles. The van der Waals surface area contributed by atoms with Crippen LogP contribution in [0.4, 0.5) is 10.1 Å². The van der Waals surface area contributed by atoms with E-state index in [9.17, 15) is 12.8 Å². The minimum atomic E-state index is -3.95. The molecule has 2 aromatic carbocycles. The molecule has 0 spiro atoms. The number of rotatable bonds is 2. The van der Waals surface area contributed by atoms with Crippen molar-refractivity contribution in [2.75, 3.05) is 4.31 Å². The number of fused-ring (bicyclic) bond motifs is 1. The maximum atomic E-state index is 14.0. The lowest BCUT2D eigenvalue weighted by molar-refractivity contribution is 0.559. The zero-order valence-electron chi connectivity index (χ0n) is 11.3. The number of sulfonamides is 1. The minimum absolute atomic E-state index is 0.168. The molecule has 0 aliphatic carbocycles. The second-order valence-corrected chi connectivity index (χ2v) is 7.28. The summed E-state index contributed by atoms with van der Waals surface area (Å²) in [4.78, 5) is -0.351. The lowest BCUT2D eigenvalue weighted by atomic mass is 10.1. The van der Waals surface area contributed by atoms with E-state index >= 15 is 0 Å². The Morgan fingerprint density at radius 3 is 2.67 bits per heavy atom. The lowest BCUT2D eigenvalue weighted by Gasteiger charge is -2.24. The topological polar surface area (TPSA) is 37.4 Å². The van der Waals surface area contributed by atoms with Gasteiger partial charge in [-0.15, -0.1) is 0 Å². The van der Waals surface area contributed by atoms with Crippen molar-refractivity contribution in [3.8, 4) is 0 Å². The van der Waals surface area contributed by atoms with Crippen LogP contribution in [0, 0.1) is 5.82 Å². The van der Waals surface area contributed by atoms with Crippen LogP contribution in [0.1, 0.15) is 12.5 Å². The first-order valence-electron chi connectivity index (χ1n) is 6.48. The van der Waals surface area contributed by atoms with Gasteiger partial charge in [0.25, 0.3) is 10.0 Å². The molecule has 3 nitrogen and oxygen atoms in total. The highest BCUT2D eigenvalue weighted by Crippen LogP contribution is 2.37. The Bertz CT molecular complexity index is 807. The highest BCUT2D eigenvalue weighted by molar-refractivity contribution is 7.92. The molecule has 3 rings (SSSR count). The largest absolute Gasteiger partial charge is 0.267 e. The van der Waals surface area contributed by atoms with Gasteiger partial charge in [-0.2, -0.15) is 0 Å². The van der Waals surface area contributed by atoms with Crippen molar-refractivity contribution in [3.63, 3.8) is 0 Å². The Kier molecular flexibility index (Phi) is 3.42. The highest BCUT2D eigenvalue weighted by Gasteiger charge is 2.37. The average molecular weight is 326 g/mol. The molecule has 0 radical (unpaired) electrons. The maximum absolute atomic E-state index is 14.0. The smallest absolute Gasteiger partial charge is 0.263 e. The van der Waals surface area contributed by atoms with Gasteiger partial charge in [0, 0.05) is 11.1 Å². The van der Waals surface area contributed by atoms with Gasteiger partial charge in [-0.25, -0.2) is 12.8 Å². The number of para-hydroxylation sites is 1. The number of nitrogens with zero attached hydrogens (tertiary/aromatic N) is 1. The summed E-state index contributed by atoms with van der Waals surface area (Å²) in [6.07, 6.45) is 0.616. The molecule has 0 unspecified atom stereocenters. The third kappa shape index (κ3) is 2.30. The predicted octanol–water partition coefficient (Wildman–Crippen LogP) is 3.62. The lowest BCUT2D eigenvalue weighted by Crippen LogP contribution is -2.36. The zero-order chi connectivity index (χ0) is 15.2. The summed E-state index contributed by atoms with van der Waals surface area (Å²) in [7, 11) is -3.95. The Hall–Kier alpha value is -1.59. The van der Waals surface area contributed by atoms with Gasteiger partial charge in [0.05, 0.1) is 5.69 Å². The minimum Gasteiger partial charge on any atom is -0.263 e. The average Bonchev–Trinajstić information content (AvgIpc) is 2.74. The molecule has 21 heavy (non-hydrogen) atoms. The van der Waals surface area contributed by atoms with Crippen molar-refractivity contribution >= 4 is 27.3 Å². The fourth-order valence-corrected chi connectivity index (χ4v) is 4.60. The molecule has 0 N–H and O–H groups in total. The molecular weight excluding hydrogens is 313 g/mol. The Balaban J connectivity index is 2.15. The van der Waals surface area contributed by atoms with E-state index in [1.54, 1.807) is 12.1 Å². The molecule has 6 heteroatoms. The van der Waals surface area contributed by atoms with E-state index in [1.165, 1.54) is 16.4 Å². The van der Waals surface area contributed by atoms with Crippen molar-refractivity contribution in [2.45, 2.75) is 24.3 Å². The quantitative estimate of drug-likeness (QED) is 0.845. The van der Waals surface area contributed by atoms with Crippen LogP contribution in [-0.4, -0.2) is 14.5 Å². The summed E-state index contributed by atoms with van der Waals surface area (Å²) < 4.78 is 40.9. The first-order chi connectivity index (χ1) is 9.91. The predicted molar refractivity (Wildman–Crippen MR) is 80.7 cm³/mol. The molecule has 1 aliphatic rings. The molecule has 0 aromatic heterocycles.